The third-order valence-electron chi connectivity index (χ3n) is 5.55. The van der Waals surface area contributed by atoms with E-state index >= 15 is 0 Å². The molecule has 162 valence electrons. The van der Waals surface area contributed by atoms with E-state index in [-0.39, 0.29) is 16.5 Å². The first-order valence-electron chi connectivity index (χ1n) is 9.71. The van der Waals surface area contributed by atoms with E-state index < -0.39 is 14.9 Å². The Labute approximate surface area is 178 Å². The third kappa shape index (κ3) is 4.01. The van der Waals surface area contributed by atoms with Crippen LogP contribution in [0.15, 0.2) is 51.9 Å². The van der Waals surface area contributed by atoms with Crippen LogP contribution in [0.2, 0.25) is 0 Å². The summed E-state index contributed by atoms with van der Waals surface area (Å²) in [5, 5.41) is 14.9. The molecule has 0 saturated carbocycles. The molecule has 2 heterocycles. The maximum atomic E-state index is 12.9. The van der Waals surface area contributed by atoms with Crippen LogP contribution >= 0.6 is 0 Å². The highest BCUT2D eigenvalue weighted by Gasteiger charge is 2.32. The van der Waals surface area contributed by atoms with Crippen molar-refractivity contribution in [2.45, 2.75) is 30.6 Å². The Hall–Kier alpha value is -3.31. The number of nitrogens with zero attached hydrogens (tertiary/aromatic N) is 4. The molecule has 0 atom stereocenters. The minimum Gasteiger partial charge on any atom is -0.398 e. The highest BCUT2D eigenvalue weighted by atomic mass is 32.2. The molecule has 4 rings (SSSR count). The molecule has 0 unspecified atom stereocenters. The molecular formula is C20H21N5O5S. The lowest BCUT2D eigenvalue weighted by Crippen LogP contribution is -2.37. The lowest BCUT2D eigenvalue weighted by Gasteiger charge is -2.29. The van der Waals surface area contributed by atoms with E-state index in [1.165, 1.54) is 28.6 Å². The van der Waals surface area contributed by atoms with Crippen LogP contribution < -0.4 is 5.73 Å². The summed E-state index contributed by atoms with van der Waals surface area (Å²) in [6, 6.07) is 10.4. The molecule has 0 amide bonds. The number of anilines is 1. The predicted octanol–water partition coefficient (Wildman–Crippen LogP) is 3.10. The second-order valence-corrected chi connectivity index (χ2v) is 9.34. The van der Waals surface area contributed by atoms with Gasteiger partial charge in [-0.15, -0.1) is 0 Å². The van der Waals surface area contributed by atoms with Crippen LogP contribution in [0.25, 0.3) is 11.4 Å². The van der Waals surface area contributed by atoms with Gasteiger partial charge in [-0.2, -0.15) is 9.29 Å². The van der Waals surface area contributed by atoms with Crippen molar-refractivity contribution in [1.29, 1.82) is 0 Å². The maximum absolute atomic E-state index is 12.9. The molecule has 31 heavy (non-hydrogen) atoms. The van der Waals surface area contributed by atoms with Crippen molar-refractivity contribution in [2.75, 3.05) is 18.8 Å². The fourth-order valence-corrected chi connectivity index (χ4v) is 5.11. The summed E-state index contributed by atoms with van der Waals surface area (Å²) in [7, 11) is -3.73. The Morgan fingerprint density at radius 1 is 1.16 bits per heavy atom. The molecule has 0 bridgehead atoms. The topological polar surface area (TPSA) is 145 Å². The van der Waals surface area contributed by atoms with Crippen molar-refractivity contribution < 1.29 is 17.9 Å². The zero-order chi connectivity index (χ0) is 22.2. The summed E-state index contributed by atoms with van der Waals surface area (Å²) < 4.78 is 32.6. The number of nitro benzene ring substituents is 1. The SMILES string of the molecule is Cc1c(N)cccc1-c1noc(C2CCN(S(=O)(=O)c3ccc([N+](=O)[O-])cc3)CC2)n1. The van der Waals surface area contributed by atoms with Gasteiger partial charge in [0.2, 0.25) is 21.7 Å². The van der Waals surface area contributed by atoms with Gasteiger partial charge >= 0.3 is 0 Å². The van der Waals surface area contributed by atoms with Crippen LogP contribution in [0.1, 0.15) is 30.2 Å². The van der Waals surface area contributed by atoms with Crippen LogP contribution in [0.3, 0.4) is 0 Å². The number of nitrogens with two attached hydrogens (primary N) is 1. The van der Waals surface area contributed by atoms with Gasteiger partial charge in [0.1, 0.15) is 0 Å². The molecule has 1 aromatic heterocycles. The first-order valence-corrected chi connectivity index (χ1v) is 11.1. The highest BCUT2D eigenvalue weighted by molar-refractivity contribution is 7.89. The first kappa shape index (κ1) is 20.9. The summed E-state index contributed by atoms with van der Waals surface area (Å²) in [5.41, 5.74) is 8.12. The van der Waals surface area contributed by atoms with Crippen LogP contribution in [-0.4, -0.2) is 40.9 Å². The molecule has 10 nitrogen and oxygen atoms in total. The van der Waals surface area contributed by atoms with Gasteiger partial charge in [-0.25, -0.2) is 8.42 Å². The van der Waals surface area contributed by atoms with E-state index in [4.69, 9.17) is 10.3 Å². The Morgan fingerprint density at radius 3 is 2.48 bits per heavy atom. The van der Waals surface area contributed by atoms with E-state index in [0.29, 0.717) is 43.3 Å². The molecule has 0 aliphatic carbocycles. The van der Waals surface area contributed by atoms with Crippen LogP contribution in [-0.2, 0) is 10.0 Å². The number of nitrogen functional groups attached to an aromatic ring is 1. The van der Waals surface area contributed by atoms with E-state index in [2.05, 4.69) is 10.1 Å². The normalized spacial score (nSPS) is 15.8. The van der Waals surface area contributed by atoms with Crippen molar-refractivity contribution >= 4 is 21.4 Å². The van der Waals surface area contributed by atoms with E-state index in [0.717, 1.165) is 11.1 Å². The average Bonchev–Trinajstić information content (AvgIpc) is 3.26. The second kappa shape index (κ2) is 8.08. The van der Waals surface area contributed by atoms with Crippen molar-refractivity contribution in [3.63, 3.8) is 0 Å². The van der Waals surface area contributed by atoms with Crippen LogP contribution in [0.4, 0.5) is 11.4 Å². The minimum absolute atomic E-state index is 0.0359. The molecule has 2 aromatic carbocycles. The van der Waals surface area contributed by atoms with Gasteiger partial charge in [0.15, 0.2) is 0 Å². The van der Waals surface area contributed by atoms with Gasteiger partial charge in [-0.05, 0) is 43.5 Å². The Bertz CT molecular complexity index is 1220. The summed E-state index contributed by atoms with van der Waals surface area (Å²) in [5.74, 6) is 0.885. The highest BCUT2D eigenvalue weighted by Crippen LogP contribution is 2.32. The number of nitro groups is 1. The number of piperidine rings is 1. The molecule has 0 spiro atoms. The molecular weight excluding hydrogens is 422 g/mol. The minimum atomic E-state index is -3.73. The van der Waals surface area contributed by atoms with Crippen molar-refractivity contribution in [3.05, 3.63) is 64.0 Å². The maximum Gasteiger partial charge on any atom is 0.269 e. The number of sulfonamides is 1. The van der Waals surface area contributed by atoms with E-state index in [9.17, 15) is 18.5 Å². The van der Waals surface area contributed by atoms with Crippen LogP contribution in [0.5, 0.6) is 0 Å². The zero-order valence-electron chi connectivity index (χ0n) is 16.8. The molecule has 1 fully saturated rings. The number of hydrogen-bond donors (Lipinski definition) is 1. The zero-order valence-corrected chi connectivity index (χ0v) is 17.6. The van der Waals surface area contributed by atoms with Crippen molar-refractivity contribution in [3.8, 4) is 11.4 Å². The standard InChI is InChI=1S/C20H21N5O5S/c1-13-17(3-2-4-18(13)21)19-22-20(30-23-19)14-9-11-24(12-10-14)31(28,29)16-7-5-15(6-8-16)25(26)27/h2-8,14H,9-12,21H2,1H3. The Kier molecular flexibility index (Phi) is 5.46. The number of rotatable bonds is 5. The first-order chi connectivity index (χ1) is 14.8. The second-order valence-electron chi connectivity index (χ2n) is 7.41. The predicted molar refractivity (Wildman–Crippen MR) is 113 cm³/mol. The van der Waals surface area contributed by atoms with Gasteiger partial charge in [0, 0.05) is 42.4 Å². The monoisotopic (exact) mass is 443 g/mol. The Balaban J connectivity index is 1.46. The smallest absolute Gasteiger partial charge is 0.269 e. The number of non-ortho nitro benzene ring substituents is 1. The number of benzene rings is 2. The van der Waals surface area contributed by atoms with Crippen LogP contribution in [0, 0.1) is 17.0 Å². The van der Waals surface area contributed by atoms with Gasteiger partial charge < -0.3 is 10.3 Å². The summed E-state index contributed by atoms with van der Waals surface area (Å²) >= 11 is 0. The van der Waals surface area contributed by atoms with Gasteiger partial charge in [-0.1, -0.05) is 17.3 Å². The van der Waals surface area contributed by atoms with E-state index in [1.54, 1.807) is 6.07 Å². The molecule has 1 saturated heterocycles. The van der Waals surface area contributed by atoms with Gasteiger partial charge in [0.25, 0.3) is 5.69 Å². The Morgan fingerprint density at radius 2 is 1.84 bits per heavy atom. The molecule has 0 radical (unpaired) electrons. The number of aromatic nitrogens is 2. The van der Waals surface area contributed by atoms with Gasteiger partial charge in [-0.3, -0.25) is 10.1 Å². The summed E-state index contributed by atoms with van der Waals surface area (Å²) in [6.07, 6.45) is 1.06. The summed E-state index contributed by atoms with van der Waals surface area (Å²) in [6.45, 7) is 2.47. The third-order valence-corrected chi connectivity index (χ3v) is 7.46. The molecule has 1 aliphatic rings. The molecule has 11 heteroatoms. The largest absolute Gasteiger partial charge is 0.398 e. The van der Waals surface area contributed by atoms with E-state index in [1.807, 2.05) is 19.1 Å². The quantitative estimate of drug-likeness (QED) is 0.360. The van der Waals surface area contributed by atoms with Crippen molar-refractivity contribution in [2.24, 2.45) is 0 Å². The average molecular weight is 443 g/mol. The summed E-state index contributed by atoms with van der Waals surface area (Å²) in [4.78, 5) is 14.8. The lowest BCUT2D eigenvalue weighted by molar-refractivity contribution is -0.384. The lowest BCUT2D eigenvalue weighted by atomic mass is 9.98. The fourth-order valence-electron chi connectivity index (χ4n) is 3.64. The number of hydrogen-bond acceptors (Lipinski definition) is 8. The fraction of sp³-hybridized carbons (Fsp3) is 0.300. The van der Waals surface area contributed by atoms with Crippen molar-refractivity contribution in [1.82, 2.24) is 14.4 Å². The van der Waals surface area contributed by atoms with Gasteiger partial charge in [0.05, 0.1) is 9.82 Å². The molecule has 2 N–H and O–H groups in total. The molecule has 3 aromatic rings. The molecule has 1 aliphatic heterocycles.